The number of rotatable bonds is 6. The van der Waals surface area contributed by atoms with Crippen molar-refractivity contribution in [3.63, 3.8) is 0 Å². The molecule has 1 saturated heterocycles. The number of methoxy groups -OCH3 is 1. The van der Waals surface area contributed by atoms with Gasteiger partial charge in [-0.2, -0.15) is 10.4 Å². The van der Waals surface area contributed by atoms with Crippen molar-refractivity contribution in [2.24, 2.45) is 5.10 Å². The molecule has 0 aliphatic carbocycles. The summed E-state index contributed by atoms with van der Waals surface area (Å²) < 4.78 is 10.5. The van der Waals surface area contributed by atoms with E-state index in [2.05, 4.69) is 10.4 Å². The predicted octanol–water partition coefficient (Wildman–Crippen LogP) is 2.40. The number of hydrogen-bond acceptors (Lipinski definition) is 6. The molecule has 1 atom stereocenters. The molecule has 142 valence electrons. The minimum atomic E-state index is -1.18. The Morgan fingerprint density at radius 1 is 1.21 bits per heavy atom. The summed E-state index contributed by atoms with van der Waals surface area (Å²) in [7, 11) is 1.47. The van der Waals surface area contributed by atoms with Gasteiger partial charge in [0.1, 0.15) is 11.6 Å². The molecule has 1 aliphatic rings. The first-order valence-electron chi connectivity index (χ1n) is 8.43. The number of nitrogens with zero attached hydrogens (tertiary/aromatic N) is 3. The van der Waals surface area contributed by atoms with E-state index in [0.717, 1.165) is 5.01 Å². The Morgan fingerprint density at radius 2 is 1.96 bits per heavy atom. The summed E-state index contributed by atoms with van der Waals surface area (Å²) in [6.07, 6.45) is 1.38. The highest BCUT2D eigenvalue weighted by Gasteiger charge is 2.49. The molecule has 0 bridgehead atoms. The number of amides is 3. The minimum absolute atomic E-state index is 0.107. The Morgan fingerprint density at radius 3 is 2.64 bits per heavy atom. The first-order valence-corrected chi connectivity index (χ1v) is 8.43. The van der Waals surface area contributed by atoms with Crippen LogP contribution in [0.15, 0.2) is 53.6 Å². The topological polar surface area (TPSA) is 104 Å². The van der Waals surface area contributed by atoms with Crippen LogP contribution in [0.1, 0.15) is 18.1 Å². The largest absolute Gasteiger partial charge is 0.493 e. The van der Waals surface area contributed by atoms with Crippen LogP contribution in [-0.4, -0.2) is 36.9 Å². The summed E-state index contributed by atoms with van der Waals surface area (Å²) in [6.45, 7) is 1.53. The second-order valence-corrected chi connectivity index (χ2v) is 6.14. The Balaban J connectivity index is 1.82. The molecule has 2 aromatic rings. The second kappa shape index (κ2) is 7.80. The van der Waals surface area contributed by atoms with Gasteiger partial charge < -0.3 is 14.8 Å². The molecular formula is C20H18N4O4. The standard InChI is InChI=1S/C20H18N4O4/c1-20(15-6-4-3-5-7-15)18(25)24(19(26)23-20)22-13-14-8-9-16(28-11-10-21)17(12-14)27-2/h3-9,12-13H,11H2,1-2H3,(H,23,26)/b22-13-/t20-/m1/s1. The number of carbonyl (C=O) groups is 2. The van der Waals surface area contributed by atoms with Crippen LogP contribution in [0.4, 0.5) is 4.79 Å². The van der Waals surface area contributed by atoms with Crippen molar-refractivity contribution in [2.45, 2.75) is 12.5 Å². The van der Waals surface area contributed by atoms with Gasteiger partial charge in [0.05, 0.1) is 13.3 Å². The van der Waals surface area contributed by atoms with Gasteiger partial charge in [0.15, 0.2) is 18.1 Å². The van der Waals surface area contributed by atoms with E-state index >= 15 is 0 Å². The Kier molecular flexibility index (Phi) is 5.27. The molecule has 0 unspecified atom stereocenters. The van der Waals surface area contributed by atoms with Crippen LogP contribution >= 0.6 is 0 Å². The average molecular weight is 378 g/mol. The number of benzene rings is 2. The van der Waals surface area contributed by atoms with E-state index in [4.69, 9.17) is 14.7 Å². The maximum absolute atomic E-state index is 12.8. The Labute approximate surface area is 162 Å². The van der Waals surface area contributed by atoms with Crippen molar-refractivity contribution in [2.75, 3.05) is 13.7 Å². The van der Waals surface area contributed by atoms with Crippen LogP contribution in [0, 0.1) is 11.3 Å². The van der Waals surface area contributed by atoms with E-state index in [1.807, 2.05) is 12.1 Å². The van der Waals surface area contributed by atoms with Gasteiger partial charge in [-0.1, -0.05) is 30.3 Å². The maximum atomic E-state index is 12.8. The molecule has 1 heterocycles. The normalized spacial score (nSPS) is 18.8. The molecule has 2 aromatic carbocycles. The third kappa shape index (κ3) is 3.50. The van der Waals surface area contributed by atoms with Crippen molar-refractivity contribution in [1.29, 1.82) is 5.26 Å². The monoisotopic (exact) mass is 378 g/mol. The van der Waals surface area contributed by atoms with E-state index in [0.29, 0.717) is 22.6 Å². The fourth-order valence-corrected chi connectivity index (χ4v) is 2.81. The van der Waals surface area contributed by atoms with E-state index < -0.39 is 17.5 Å². The molecule has 8 nitrogen and oxygen atoms in total. The van der Waals surface area contributed by atoms with E-state index in [9.17, 15) is 9.59 Å². The van der Waals surface area contributed by atoms with Crippen molar-refractivity contribution >= 4 is 18.2 Å². The van der Waals surface area contributed by atoms with E-state index in [1.165, 1.54) is 13.3 Å². The molecule has 0 spiro atoms. The number of hydrogen-bond donors (Lipinski definition) is 1. The van der Waals surface area contributed by atoms with Crippen LogP contribution in [0.3, 0.4) is 0 Å². The fourth-order valence-electron chi connectivity index (χ4n) is 2.81. The van der Waals surface area contributed by atoms with Crippen LogP contribution < -0.4 is 14.8 Å². The average Bonchev–Trinajstić information content (AvgIpc) is 2.95. The molecule has 0 radical (unpaired) electrons. The maximum Gasteiger partial charge on any atom is 0.346 e. The molecule has 3 amide bonds. The summed E-state index contributed by atoms with van der Waals surface area (Å²) in [6, 6.07) is 15.2. The first kappa shape index (κ1) is 18.9. The summed E-state index contributed by atoms with van der Waals surface area (Å²) in [5, 5.41) is 16.1. The van der Waals surface area contributed by atoms with Gasteiger partial charge in [-0.05, 0) is 36.2 Å². The van der Waals surface area contributed by atoms with Crippen LogP contribution in [-0.2, 0) is 10.3 Å². The number of urea groups is 1. The molecule has 3 rings (SSSR count). The molecule has 0 saturated carbocycles. The molecule has 28 heavy (non-hydrogen) atoms. The molecule has 0 aromatic heterocycles. The highest BCUT2D eigenvalue weighted by Crippen LogP contribution is 2.30. The van der Waals surface area contributed by atoms with Gasteiger partial charge in [0.2, 0.25) is 0 Å². The van der Waals surface area contributed by atoms with E-state index in [1.54, 1.807) is 49.4 Å². The SMILES string of the molecule is COc1cc(/C=N\N2C(=O)N[C@](C)(c3ccccc3)C2=O)ccc1OCC#N. The number of hydrazone groups is 1. The third-order valence-corrected chi connectivity index (χ3v) is 4.32. The van der Waals surface area contributed by atoms with Gasteiger partial charge in [0, 0.05) is 0 Å². The summed E-state index contributed by atoms with van der Waals surface area (Å²) >= 11 is 0. The van der Waals surface area contributed by atoms with Gasteiger partial charge in [-0.3, -0.25) is 4.79 Å². The van der Waals surface area contributed by atoms with Gasteiger partial charge in [0.25, 0.3) is 5.91 Å². The number of ether oxygens (including phenoxy) is 2. The van der Waals surface area contributed by atoms with Gasteiger partial charge >= 0.3 is 6.03 Å². The Hall–Kier alpha value is -3.86. The minimum Gasteiger partial charge on any atom is -0.493 e. The van der Waals surface area contributed by atoms with Crippen molar-refractivity contribution in [1.82, 2.24) is 10.3 Å². The molecule has 1 fully saturated rings. The first-order chi connectivity index (χ1) is 13.5. The number of nitriles is 1. The highest BCUT2D eigenvalue weighted by atomic mass is 16.5. The lowest BCUT2D eigenvalue weighted by Crippen LogP contribution is -2.40. The number of carbonyl (C=O) groups excluding carboxylic acids is 2. The third-order valence-electron chi connectivity index (χ3n) is 4.32. The van der Waals surface area contributed by atoms with Crippen LogP contribution in [0.5, 0.6) is 11.5 Å². The number of nitrogens with one attached hydrogen (secondary N) is 1. The van der Waals surface area contributed by atoms with Gasteiger partial charge in [-0.15, -0.1) is 5.01 Å². The van der Waals surface area contributed by atoms with E-state index in [-0.39, 0.29) is 6.61 Å². The number of imide groups is 1. The lowest BCUT2D eigenvalue weighted by molar-refractivity contribution is -0.131. The zero-order valence-corrected chi connectivity index (χ0v) is 15.4. The summed E-state index contributed by atoms with van der Waals surface area (Å²) in [5.74, 6) is 0.347. The Bertz CT molecular complexity index is 968. The molecule has 8 heteroatoms. The van der Waals surface area contributed by atoms with Crippen molar-refractivity contribution < 1.29 is 19.1 Å². The fraction of sp³-hybridized carbons (Fsp3) is 0.200. The zero-order valence-electron chi connectivity index (χ0n) is 15.4. The highest BCUT2D eigenvalue weighted by molar-refractivity contribution is 6.07. The zero-order chi connectivity index (χ0) is 20.1. The van der Waals surface area contributed by atoms with Crippen LogP contribution in [0.25, 0.3) is 0 Å². The second-order valence-electron chi connectivity index (χ2n) is 6.14. The molecule has 1 N–H and O–H groups in total. The van der Waals surface area contributed by atoms with Crippen molar-refractivity contribution in [3.8, 4) is 17.6 Å². The smallest absolute Gasteiger partial charge is 0.346 e. The van der Waals surface area contributed by atoms with Crippen molar-refractivity contribution in [3.05, 3.63) is 59.7 Å². The quantitative estimate of drug-likeness (QED) is 0.614. The lowest BCUT2D eigenvalue weighted by atomic mass is 9.92. The summed E-state index contributed by atoms with van der Waals surface area (Å²) in [5.41, 5.74) is 0.0873. The lowest BCUT2D eigenvalue weighted by Gasteiger charge is -2.20. The predicted molar refractivity (Wildman–Crippen MR) is 101 cm³/mol. The molecule has 1 aliphatic heterocycles. The summed E-state index contributed by atoms with van der Waals surface area (Å²) in [4.78, 5) is 25.1. The van der Waals surface area contributed by atoms with Crippen LogP contribution in [0.2, 0.25) is 0 Å². The molecular weight excluding hydrogens is 360 g/mol. The van der Waals surface area contributed by atoms with Gasteiger partial charge in [-0.25, -0.2) is 4.79 Å².